The van der Waals surface area contributed by atoms with Gasteiger partial charge in [-0.2, -0.15) is 0 Å². The fourth-order valence-electron chi connectivity index (χ4n) is 2.06. The Kier molecular flexibility index (Phi) is 3.99. The van der Waals surface area contributed by atoms with E-state index in [-0.39, 0.29) is 11.5 Å². The van der Waals surface area contributed by atoms with Gasteiger partial charge in [-0.1, -0.05) is 11.6 Å². The van der Waals surface area contributed by atoms with Crippen LogP contribution in [-0.4, -0.2) is 24.0 Å². The summed E-state index contributed by atoms with van der Waals surface area (Å²) < 4.78 is 9.82. The van der Waals surface area contributed by atoms with Crippen molar-refractivity contribution in [2.75, 3.05) is 12.4 Å². The number of fused-ring (bicyclic) bond motifs is 1. The lowest BCUT2D eigenvalue weighted by molar-refractivity contribution is 0.0600. The molecule has 7 heteroatoms. The van der Waals surface area contributed by atoms with E-state index < -0.39 is 5.97 Å². The molecule has 23 heavy (non-hydrogen) atoms. The summed E-state index contributed by atoms with van der Waals surface area (Å²) in [6, 6.07) is 9.38. The predicted molar refractivity (Wildman–Crippen MR) is 84.8 cm³/mol. The monoisotopic (exact) mass is 330 g/mol. The molecule has 0 saturated carbocycles. The van der Waals surface area contributed by atoms with Gasteiger partial charge in [0.1, 0.15) is 5.52 Å². The molecule has 6 nitrogen and oxygen atoms in total. The lowest BCUT2D eigenvalue weighted by Crippen LogP contribution is -2.13. The maximum Gasteiger partial charge on any atom is 0.337 e. The van der Waals surface area contributed by atoms with E-state index in [2.05, 4.69) is 15.0 Å². The summed E-state index contributed by atoms with van der Waals surface area (Å²) in [7, 11) is 1.28. The highest BCUT2D eigenvalue weighted by molar-refractivity contribution is 6.34. The van der Waals surface area contributed by atoms with Gasteiger partial charge in [-0.05, 0) is 36.4 Å². The van der Waals surface area contributed by atoms with Gasteiger partial charge in [0.2, 0.25) is 0 Å². The second kappa shape index (κ2) is 6.10. The molecule has 1 aromatic heterocycles. The molecule has 1 amide bonds. The second-order valence-corrected chi connectivity index (χ2v) is 5.08. The van der Waals surface area contributed by atoms with Crippen LogP contribution >= 0.6 is 11.6 Å². The Labute approximate surface area is 136 Å². The van der Waals surface area contributed by atoms with E-state index in [1.54, 1.807) is 18.2 Å². The highest BCUT2D eigenvalue weighted by Crippen LogP contribution is 2.24. The summed E-state index contributed by atoms with van der Waals surface area (Å²) in [5, 5.41) is 2.97. The molecule has 0 aliphatic carbocycles. The number of anilines is 1. The van der Waals surface area contributed by atoms with Crippen LogP contribution in [-0.2, 0) is 4.74 Å². The number of hydrogen-bond donors (Lipinski definition) is 1. The average molecular weight is 331 g/mol. The Morgan fingerprint density at radius 1 is 1.17 bits per heavy atom. The average Bonchev–Trinajstić information content (AvgIpc) is 3.03. The standard InChI is InChI=1S/C16H11ClN2O4/c1-22-16(21)10-2-4-11(17)13(6-10)19-15(20)9-3-5-12-14(7-9)23-8-18-12/h2-8H,1H3,(H,19,20). The number of hydrogen-bond acceptors (Lipinski definition) is 5. The molecule has 116 valence electrons. The van der Waals surface area contributed by atoms with E-state index in [0.717, 1.165) is 0 Å². The zero-order valence-electron chi connectivity index (χ0n) is 12.0. The van der Waals surface area contributed by atoms with Gasteiger partial charge < -0.3 is 14.5 Å². The summed E-state index contributed by atoms with van der Waals surface area (Å²) in [6.45, 7) is 0. The number of ether oxygens (including phenoxy) is 1. The molecule has 3 aromatic rings. The van der Waals surface area contributed by atoms with Crippen molar-refractivity contribution >= 4 is 40.3 Å². The third kappa shape index (κ3) is 3.02. The molecule has 0 fully saturated rings. The Balaban J connectivity index is 1.88. The van der Waals surface area contributed by atoms with E-state index >= 15 is 0 Å². The van der Waals surface area contributed by atoms with E-state index in [0.29, 0.717) is 27.4 Å². The van der Waals surface area contributed by atoms with Gasteiger partial charge in [-0.3, -0.25) is 4.79 Å². The Hall–Kier alpha value is -2.86. The number of carbonyl (C=O) groups is 2. The number of carbonyl (C=O) groups excluding carboxylic acids is 2. The third-order valence-corrected chi connectivity index (χ3v) is 3.56. The van der Waals surface area contributed by atoms with E-state index in [1.807, 2.05) is 0 Å². The van der Waals surface area contributed by atoms with Crippen molar-refractivity contribution in [1.29, 1.82) is 0 Å². The molecule has 2 aromatic carbocycles. The van der Waals surface area contributed by atoms with Gasteiger partial charge in [0, 0.05) is 5.56 Å². The smallest absolute Gasteiger partial charge is 0.337 e. The Morgan fingerprint density at radius 2 is 1.96 bits per heavy atom. The Morgan fingerprint density at radius 3 is 2.74 bits per heavy atom. The van der Waals surface area contributed by atoms with E-state index in [9.17, 15) is 9.59 Å². The van der Waals surface area contributed by atoms with Crippen LogP contribution in [0.4, 0.5) is 5.69 Å². The minimum Gasteiger partial charge on any atom is -0.465 e. The Bertz CT molecular complexity index is 904. The van der Waals surface area contributed by atoms with Crippen LogP contribution in [0.2, 0.25) is 5.02 Å². The second-order valence-electron chi connectivity index (χ2n) is 4.68. The van der Waals surface area contributed by atoms with Crippen LogP contribution in [0, 0.1) is 0 Å². The molecule has 1 heterocycles. The first-order valence-corrected chi connectivity index (χ1v) is 6.99. The van der Waals surface area contributed by atoms with Crippen molar-refractivity contribution in [1.82, 2.24) is 4.98 Å². The van der Waals surface area contributed by atoms with Crippen molar-refractivity contribution in [2.24, 2.45) is 0 Å². The molecule has 0 spiro atoms. The van der Waals surface area contributed by atoms with Crippen LogP contribution in [0.15, 0.2) is 47.2 Å². The van der Waals surface area contributed by atoms with E-state index in [4.69, 9.17) is 16.0 Å². The lowest BCUT2D eigenvalue weighted by atomic mass is 10.1. The molecule has 0 aliphatic rings. The first-order chi connectivity index (χ1) is 11.1. The number of nitrogens with zero attached hydrogens (tertiary/aromatic N) is 1. The van der Waals surface area contributed by atoms with Crippen LogP contribution in [0.3, 0.4) is 0 Å². The molecule has 1 N–H and O–H groups in total. The first-order valence-electron chi connectivity index (χ1n) is 6.61. The lowest BCUT2D eigenvalue weighted by Gasteiger charge is -2.09. The molecule has 3 rings (SSSR count). The quantitative estimate of drug-likeness (QED) is 0.743. The van der Waals surface area contributed by atoms with Crippen molar-refractivity contribution in [3.8, 4) is 0 Å². The molecular formula is C16H11ClN2O4. The van der Waals surface area contributed by atoms with Gasteiger partial charge in [-0.15, -0.1) is 0 Å². The van der Waals surface area contributed by atoms with Gasteiger partial charge in [0.25, 0.3) is 5.91 Å². The number of oxazole rings is 1. The summed E-state index contributed by atoms with van der Waals surface area (Å²) in [6.07, 6.45) is 1.31. The maximum atomic E-state index is 12.3. The largest absolute Gasteiger partial charge is 0.465 e. The van der Waals surface area contributed by atoms with E-state index in [1.165, 1.54) is 31.7 Å². The molecule has 0 aliphatic heterocycles. The van der Waals surface area contributed by atoms with Crippen molar-refractivity contribution in [3.63, 3.8) is 0 Å². The number of amides is 1. The van der Waals surface area contributed by atoms with Crippen LogP contribution in [0.1, 0.15) is 20.7 Å². The number of benzene rings is 2. The zero-order valence-corrected chi connectivity index (χ0v) is 12.8. The summed E-state index contributed by atoms with van der Waals surface area (Å²) in [5.41, 5.74) is 2.16. The summed E-state index contributed by atoms with van der Waals surface area (Å²) in [4.78, 5) is 27.9. The number of nitrogens with one attached hydrogen (secondary N) is 1. The summed E-state index contributed by atoms with van der Waals surface area (Å²) >= 11 is 6.06. The van der Waals surface area contributed by atoms with Gasteiger partial charge in [-0.25, -0.2) is 9.78 Å². The van der Waals surface area contributed by atoms with Crippen LogP contribution in [0.25, 0.3) is 11.1 Å². The molecular weight excluding hydrogens is 320 g/mol. The topological polar surface area (TPSA) is 81.4 Å². The molecule has 0 bridgehead atoms. The summed E-state index contributed by atoms with van der Waals surface area (Å²) in [5.74, 6) is -0.896. The number of rotatable bonds is 3. The van der Waals surface area contributed by atoms with Crippen LogP contribution < -0.4 is 5.32 Å². The zero-order chi connectivity index (χ0) is 16.4. The third-order valence-electron chi connectivity index (χ3n) is 3.23. The SMILES string of the molecule is COC(=O)c1ccc(Cl)c(NC(=O)c2ccc3ncoc3c2)c1. The van der Waals surface area contributed by atoms with Crippen molar-refractivity contribution in [2.45, 2.75) is 0 Å². The fraction of sp³-hybridized carbons (Fsp3) is 0.0625. The highest BCUT2D eigenvalue weighted by Gasteiger charge is 2.13. The number of methoxy groups -OCH3 is 1. The fourth-order valence-corrected chi connectivity index (χ4v) is 2.22. The first kappa shape index (κ1) is 15.1. The number of esters is 1. The predicted octanol–water partition coefficient (Wildman–Crippen LogP) is 3.52. The maximum absolute atomic E-state index is 12.3. The minimum absolute atomic E-state index is 0.290. The number of aromatic nitrogens is 1. The molecule has 0 atom stereocenters. The van der Waals surface area contributed by atoms with Gasteiger partial charge in [0.15, 0.2) is 12.0 Å². The van der Waals surface area contributed by atoms with Crippen molar-refractivity contribution < 1.29 is 18.7 Å². The molecule has 0 radical (unpaired) electrons. The normalized spacial score (nSPS) is 10.5. The minimum atomic E-state index is -0.514. The molecule has 0 unspecified atom stereocenters. The van der Waals surface area contributed by atoms with Crippen LogP contribution in [0.5, 0.6) is 0 Å². The number of halogens is 1. The van der Waals surface area contributed by atoms with Gasteiger partial charge in [0.05, 0.1) is 23.4 Å². The van der Waals surface area contributed by atoms with Crippen molar-refractivity contribution in [3.05, 3.63) is 58.9 Å². The molecule has 0 saturated heterocycles. The van der Waals surface area contributed by atoms with Gasteiger partial charge >= 0.3 is 5.97 Å². The highest BCUT2D eigenvalue weighted by atomic mass is 35.5.